The van der Waals surface area contributed by atoms with E-state index in [0.717, 1.165) is 5.56 Å². The van der Waals surface area contributed by atoms with Crippen LogP contribution in [-0.2, 0) is 16.1 Å². The van der Waals surface area contributed by atoms with Gasteiger partial charge in [-0.25, -0.2) is 4.79 Å². The van der Waals surface area contributed by atoms with Crippen LogP contribution in [0, 0.1) is 11.3 Å². The number of esters is 1. The van der Waals surface area contributed by atoms with Gasteiger partial charge in [0.05, 0.1) is 19.3 Å². The number of rotatable bonds is 9. The highest BCUT2D eigenvalue weighted by molar-refractivity contribution is 6.35. The van der Waals surface area contributed by atoms with E-state index in [9.17, 15) is 14.9 Å². The lowest BCUT2D eigenvalue weighted by Crippen LogP contribution is -2.13. The van der Waals surface area contributed by atoms with Gasteiger partial charge < -0.3 is 19.5 Å². The first-order valence-corrected chi connectivity index (χ1v) is 11.5. The lowest BCUT2D eigenvalue weighted by molar-refractivity contribution is -0.112. The number of hydrogen-bond donors (Lipinski definition) is 1. The number of hydrogen-bond acceptors (Lipinski definition) is 6. The Bertz CT molecular complexity index is 1330. The van der Waals surface area contributed by atoms with Crippen LogP contribution in [-0.4, -0.2) is 25.6 Å². The predicted octanol–water partition coefficient (Wildman–Crippen LogP) is 6.30. The van der Waals surface area contributed by atoms with E-state index in [4.69, 9.17) is 37.4 Å². The molecule has 0 saturated carbocycles. The maximum atomic E-state index is 12.7. The predicted molar refractivity (Wildman–Crippen MR) is 138 cm³/mol. The van der Waals surface area contributed by atoms with E-state index in [-0.39, 0.29) is 18.8 Å². The van der Waals surface area contributed by atoms with Gasteiger partial charge in [0, 0.05) is 21.3 Å². The summed E-state index contributed by atoms with van der Waals surface area (Å²) >= 11 is 12.2. The van der Waals surface area contributed by atoms with Gasteiger partial charge in [-0.3, -0.25) is 4.79 Å². The molecule has 1 N–H and O–H groups in total. The van der Waals surface area contributed by atoms with E-state index < -0.39 is 11.9 Å². The minimum atomic E-state index is -0.604. The summed E-state index contributed by atoms with van der Waals surface area (Å²) in [5.74, 6) is -0.178. The number of amides is 1. The number of ether oxygens (including phenoxy) is 3. The molecule has 7 nitrogen and oxygen atoms in total. The normalized spacial score (nSPS) is 10.8. The van der Waals surface area contributed by atoms with Crippen molar-refractivity contribution < 1.29 is 23.8 Å². The van der Waals surface area contributed by atoms with E-state index >= 15 is 0 Å². The van der Waals surface area contributed by atoms with E-state index in [1.165, 1.54) is 25.3 Å². The molecule has 0 spiro atoms. The third kappa shape index (κ3) is 7.01. The molecular weight excluding hydrogens is 503 g/mol. The third-order valence-electron chi connectivity index (χ3n) is 4.92. The maximum absolute atomic E-state index is 12.7. The Morgan fingerprint density at radius 2 is 1.78 bits per heavy atom. The summed E-state index contributed by atoms with van der Waals surface area (Å²) in [7, 11) is 1.51. The molecule has 0 fully saturated rings. The molecule has 0 aliphatic carbocycles. The SMILES string of the molecule is CCOC(=O)c1ccc(NC(=O)/C(C#N)=C/c2ccc(OC)c(OCc3ccc(Cl)cc3Cl)c2)cc1. The highest BCUT2D eigenvalue weighted by Crippen LogP contribution is 2.31. The van der Waals surface area contributed by atoms with Crippen molar-refractivity contribution in [2.24, 2.45) is 0 Å². The monoisotopic (exact) mass is 524 g/mol. The first-order valence-electron chi connectivity index (χ1n) is 10.8. The van der Waals surface area contributed by atoms with Crippen molar-refractivity contribution >= 4 is 46.8 Å². The molecule has 36 heavy (non-hydrogen) atoms. The molecule has 0 aliphatic rings. The molecule has 3 aromatic carbocycles. The van der Waals surface area contributed by atoms with Crippen LogP contribution < -0.4 is 14.8 Å². The number of nitrogens with one attached hydrogen (secondary N) is 1. The molecule has 1 amide bonds. The zero-order valence-corrected chi connectivity index (χ0v) is 21.0. The quantitative estimate of drug-likeness (QED) is 0.200. The van der Waals surface area contributed by atoms with Gasteiger partial charge in [-0.15, -0.1) is 0 Å². The minimum absolute atomic E-state index is 0.124. The van der Waals surface area contributed by atoms with E-state index in [0.29, 0.717) is 38.4 Å². The fraction of sp³-hybridized carbons (Fsp3) is 0.148. The summed E-state index contributed by atoms with van der Waals surface area (Å²) in [6.07, 6.45) is 1.43. The zero-order chi connectivity index (χ0) is 26.1. The van der Waals surface area contributed by atoms with Crippen molar-refractivity contribution in [3.8, 4) is 17.6 Å². The number of nitrogens with zero attached hydrogens (tertiary/aromatic N) is 1. The standard InChI is InChI=1S/C27H22Cl2N2O5/c1-3-35-27(33)18-6-9-22(10-7-18)31-26(32)20(15-30)12-17-4-11-24(34-2)25(13-17)36-16-19-5-8-21(28)14-23(19)29/h4-14H,3,16H2,1-2H3,(H,31,32)/b20-12+. The van der Waals surface area contributed by atoms with Gasteiger partial charge in [-0.2, -0.15) is 5.26 Å². The van der Waals surface area contributed by atoms with Gasteiger partial charge in [0.25, 0.3) is 5.91 Å². The Morgan fingerprint density at radius 1 is 1.03 bits per heavy atom. The van der Waals surface area contributed by atoms with Gasteiger partial charge in [-0.05, 0) is 67.1 Å². The summed E-state index contributed by atoms with van der Waals surface area (Å²) in [4.78, 5) is 24.5. The van der Waals surface area contributed by atoms with Crippen molar-refractivity contribution in [3.63, 3.8) is 0 Å². The number of carbonyl (C=O) groups is 2. The summed E-state index contributed by atoms with van der Waals surface area (Å²) in [6, 6.07) is 18.2. The van der Waals surface area contributed by atoms with Gasteiger partial charge in [0.1, 0.15) is 18.2 Å². The number of methoxy groups -OCH3 is 1. The van der Waals surface area contributed by atoms with Crippen LogP contribution >= 0.6 is 23.2 Å². The second-order valence-electron chi connectivity index (χ2n) is 7.36. The lowest BCUT2D eigenvalue weighted by atomic mass is 10.1. The summed E-state index contributed by atoms with van der Waals surface area (Å²) in [6.45, 7) is 2.14. The topological polar surface area (TPSA) is 97.7 Å². The Balaban J connectivity index is 1.75. The Morgan fingerprint density at radius 3 is 2.42 bits per heavy atom. The smallest absolute Gasteiger partial charge is 0.338 e. The Hall–Kier alpha value is -3.99. The van der Waals surface area contributed by atoms with Crippen molar-refractivity contribution in [2.75, 3.05) is 19.0 Å². The summed E-state index contributed by atoms with van der Waals surface area (Å²) in [5.41, 5.74) is 1.94. The molecule has 0 atom stereocenters. The molecule has 3 aromatic rings. The molecule has 0 heterocycles. The average molecular weight is 525 g/mol. The second kappa shape index (κ2) is 12.6. The van der Waals surface area contributed by atoms with Gasteiger partial charge >= 0.3 is 5.97 Å². The Kier molecular flexibility index (Phi) is 9.34. The van der Waals surface area contributed by atoms with Crippen molar-refractivity contribution in [2.45, 2.75) is 13.5 Å². The van der Waals surface area contributed by atoms with Crippen LogP contribution in [0.2, 0.25) is 10.0 Å². The van der Waals surface area contributed by atoms with E-state index in [1.807, 2.05) is 6.07 Å². The summed E-state index contributed by atoms with van der Waals surface area (Å²) in [5, 5.41) is 13.2. The molecular formula is C27H22Cl2N2O5. The molecule has 0 aliphatic heterocycles. The molecule has 0 bridgehead atoms. The largest absolute Gasteiger partial charge is 0.493 e. The van der Waals surface area contributed by atoms with Crippen molar-refractivity contribution in [1.82, 2.24) is 0 Å². The number of anilines is 1. The molecule has 0 unspecified atom stereocenters. The van der Waals surface area contributed by atoms with E-state index in [2.05, 4.69) is 5.32 Å². The number of halogens is 2. The second-order valence-corrected chi connectivity index (χ2v) is 8.20. The third-order valence-corrected chi connectivity index (χ3v) is 5.50. The highest BCUT2D eigenvalue weighted by atomic mass is 35.5. The van der Waals surface area contributed by atoms with Crippen molar-refractivity contribution in [1.29, 1.82) is 5.26 Å². The maximum Gasteiger partial charge on any atom is 0.338 e. The number of nitriles is 1. The van der Waals surface area contributed by atoms with Crippen LogP contribution in [0.4, 0.5) is 5.69 Å². The van der Waals surface area contributed by atoms with Gasteiger partial charge in [0.2, 0.25) is 0 Å². The van der Waals surface area contributed by atoms with Crippen molar-refractivity contribution in [3.05, 3.63) is 93.0 Å². The molecule has 0 radical (unpaired) electrons. The van der Waals surface area contributed by atoms with Crippen LogP contribution in [0.3, 0.4) is 0 Å². The molecule has 9 heteroatoms. The fourth-order valence-electron chi connectivity index (χ4n) is 3.11. The van der Waals surface area contributed by atoms with Crippen LogP contribution in [0.25, 0.3) is 6.08 Å². The average Bonchev–Trinajstić information content (AvgIpc) is 2.87. The van der Waals surface area contributed by atoms with Crippen LogP contribution in [0.5, 0.6) is 11.5 Å². The first kappa shape index (κ1) is 26.6. The molecule has 0 saturated heterocycles. The molecule has 0 aromatic heterocycles. The van der Waals surface area contributed by atoms with Crippen LogP contribution in [0.1, 0.15) is 28.4 Å². The fourth-order valence-corrected chi connectivity index (χ4v) is 3.57. The molecule has 184 valence electrons. The highest BCUT2D eigenvalue weighted by Gasteiger charge is 2.13. The minimum Gasteiger partial charge on any atom is -0.493 e. The van der Waals surface area contributed by atoms with Crippen LogP contribution in [0.15, 0.2) is 66.2 Å². The Labute approximate surface area is 218 Å². The van der Waals surface area contributed by atoms with E-state index in [1.54, 1.807) is 55.5 Å². The summed E-state index contributed by atoms with van der Waals surface area (Å²) < 4.78 is 16.2. The van der Waals surface area contributed by atoms with Gasteiger partial charge in [0.15, 0.2) is 11.5 Å². The zero-order valence-electron chi connectivity index (χ0n) is 19.5. The lowest BCUT2D eigenvalue weighted by Gasteiger charge is -2.12. The number of benzene rings is 3. The van der Waals surface area contributed by atoms with Gasteiger partial charge in [-0.1, -0.05) is 35.3 Å². The first-order chi connectivity index (χ1) is 17.3. The number of carbonyl (C=O) groups excluding carboxylic acids is 2. The molecule has 3 rings (SSSR count).